The first-order valence-electron chi connectivity index (χ1n) is 8.62. The fourth-order valence-corrected chi connectivity index (χ4v) is 2.72. The van der Waals surface area contributed by atoms with Crippen molar-refractivity contribution in [3.63, 3.8) is 0 Å². The van der Waals surface area contributed by atoms with Gasteiger partial charge in [-0.25, -0.2) is 10.2 Å². The molecule has 27 heavy (non-hydrogen) atoms. The number of fused-ring (bicyclic) bond motifs is 1. The van der Waals surface area contributed by atoms with Crippen LogP contribution in [-0.2, 0) is 5.54 Å². The SMILES string of the molecule is C=C(C)c1cccc(C(C)(C)NC(=O)NN=Cc2ccc3c(c2)OCO3)c1. The van der Waals surface area contributed by atoms with Crippen LogP contribution in [0, 0.1) is 0 Å². The normalized spacial score (nSPS) is 12.9. The molecule has 0 saturated carbocycles. The summed E-state index contributed by atoms with van der Waals surface area (Å²) in [6.45, 7) is 10.0. The predicted molar refractivity (Wildman–Crippen MR) is 106 cm³/mol. The molecule has 1 aliphatic heterocycles. The zero-order valence-corrected chi connectivity index (χ0v) is 15.7. The van der Waals surface area contributed by atoms with Crippen LogP contribution in [0.15, 0.2) is 54.1 Å². The number of allylic oxidation sites excluding steroid dienone is 1. The molecule has 1 aliphatic rings. The molecule has 0 bridgehead atoms. The van der Waals surface area contributed by atoms with Crippen LogP contribution in [0.4, 0.5) is 4.79 Å². The first-order valence-corrected chi connectivity index (χ1v) is 8.62. The maximum atomic E-state index is 12.2. The van der Waals surface area contributed by atoms with Gasteiger partial charge in [0.1, 0.15) is 0 Å². The maximum absolute atomic E-state index is 12.2. The Morgan fingerprint density at radius 2 is 1.96 bits per heavy atom. The molecule has 1 heterocycles. The van der Waals surface area contributed by atoms with Gasteiger partial charge in [-0.2, -0.15) is 5.10 Å². The summed E-state index contributed by atoms with van der Waals surface area (Å²) in [5.74, 6) is 1.37. The third kappa shape index (κ3) is 4.47. The van der Waals surface area contributed by atoms with E-state index in [1.807, 2.05) is 51.1 Å². The zero-order valence-electron chi connectivity index (χ0n) is 15.7. The molecule has 2 N–H and O–H groups in total. The van der Waals surface area contributed by atoms with Crippen molar-refractivity contribution in [2.45, 2.75) is 26.3 Å². The van der Waals surface area contributed by atoms with E-state index in [0.29, 0.717) is 11.5 Å². The largest absolute Gasteiger partial charge is 0.454 e. The Bertz CT molecular complexity index is 903. The lowest BCUT2D eigenvalue weighted by molar-refractivity contribution is 0.174. The topological polar surface area (TPSA) is 72.0 Å². The van der Waals surface area contributed by atoms with Gasteiger partial charge in [-0.15, -0.1) is 0 Å². The number of ether oxygens (including phenoxy) is 2. The molecular weight excluding hydrogens is 342 g/mol. The summed E-state index contributed by atoms with van der Waals surface area (Å²) in [5.41, 5.74) is 5.73. The molecule has 3 rings (SSSR count). The van der Waals surface area contributed by atoms with Crippen molar-refractivity contribution in [2.24, 2.45) is 5.10 Å². The van der Waals surface area contributed by atoms with E-state index >= 15 is 0 Å². The first-order chi connectivity index (χ1) is 12.8. The fourth-order valence-electron chi connectivity index (χ4n) is 2.72. The van der Waals surface area contributed by atoms with Crippen LogP contribution >= 0.6 is 0 Å². The number of nitrogens with zero attached hydrogens (tertiary/aromatic N) is 1. The Morgan fingerprint density at radius 1 is 1.19 bits per heavy atom. The third-order valence-corrected chi connectivity index (χ3v) is 4.28. The average Bonchev–Trinajstić information content (AvgIpc) is 3.09. The summed E-state index contributed by atoms with van der Waals surface area (Å²) in [7, 11) is 0. The van der Waals surface area contributed by atoms with Gasteiger partial charge in [0.2, 0.25) is 6.79 Å². The van der Waals surface area contributed by atoms with Gasteiger partial charge in [-0.1, -0.05) is 30.4 Å². The minimum Gasteiger partial charge on any atom is -0.454 e. The Kier molecular flexibility index (Phi) is 5.16. The van der Waals surface area contributed by atoms with Gasteiger partial charge in [0, 0.05) is 0 Å². The second-order valence-electron chi connectivity index (χ2n) is 6.92. The second-order valence-corrected chi connectivity index (χ2v) is 6.92. The standard InChI is InChI=1S/C21H23N3O3/c1-14(2)16-6-5-7-17(11-16)21(3,4)23-20(25)24-22-12-15-8-9-18-19(10-15)27-13-26-18/h5-12H,1,13H2,2-4H3,(H2,23,24,25). The van der Waals surface area contributed by atoms with E-state index < -0.39 is 11.6 Å². The second kappa shape index (κ2) is 7.53. The predicted octanol–water partition coefficient (Wildman–Crippen LogP) is 4.02. The van der Waals surface area contributed by atoms with Crippen molar-refractivity contribution >= 4 is 17.8 Å². The van der Waals surface area contributed by atoms with Crippen LogP contribution in [0.5, 0.6) is 11.5 Å². The lowest BCUT2D eigenvalue weighted by atomic mass is 9.92. The number of hydrogen-bond donors (Lipinski definition) is 2. The van der Waals surface area contributed by atoms with Gasteiger partial charge in [0.05, 0.1) is 11.8 Å². The van der Waals surface area contributed by atoms with Crippen molar-refractivity contribution < 1.29 is 14.3 Å². The van der Waals surface area contributed by atoms with Crippen LogP contribution in [0.25, 0.3) is 5.57 Å². The van der Waals surface area contributed by atoms with Crippen LogP contribution in [0.1, 0.15) is 37.5 Å². The van der Waals surface area contributed by atoms with Gasteiger partial charge in [-0.05, 0) is 61.7 Å². The van der Waals surface area contributed by atoms with E-state index in [0.717, 1.165) is 22.3 Å². The number of benzene rings is 2. The molecule has 0 aliphatic carbocycles. The number of carbonyl (C=O) groups is 1. The number of amides is 2. The molecule has 0 spiro atoms. The van der Waals surface area contributed by atoms with E-state index in [-0.39, 0.29) is 6.79 Å². The van der Waals surface area contributed by atoms with Crippen molar-refractivity contribution in [1.29, 1.82) is 0 Å². The summed E-state index contributed by atoms with van der Waals surface area (Å²) in [4.78, 5) is 12.2. The molecule has 0 aromatic heterocycles. The number of nitrogens with one attached hydrogen (secondary N) is 2. The minimum absolute atomic E-state index is 0.220. The van der Waals surface area contributed by atoms with Gasteiger partial charge in [0.25, 0.3) is 0 Å². The molecule has 2 aromatic rings. The highest BCUT2D eigenvalue weighted by molar-refractivity contribution is 5.83. The van der Waals surface area contributed by atoms with Gasteiger partial charge in [-0.3, -0.25) is 0 Å². The molecule has 0 unspecified atom stereocenters. The molecule has 0 atom stereocenters. The Hall–Kier alpha value is -3.28. The Morgan fingerprint density at radius 3 is 2.74 bits per heavy atom. The molecule has 2 amide bonds. The fraction of sp³-hybridized carbons (Fsp3) is 0.238. The number of carbonyl (C=O) groups excluding carboxylic acids is 1. The van der Waals surface area contributed by atoms with E-state index in [9.17, 15) is 4.79 Å². The van der Waals surface area contributed by atoms with Crippen LogP contribution < -0.4 is 20.2 Å². The van der Waals surface area contributed by atoms with E-state index in [1.165, 1.54) is 0 Å². The lowest BCUT2D eigenvalue weighted by Gasteiger charge is -2.27. The van der Waals surface area contributed by atoms with E-state index in [2.05, 4.69) is 22.4 Å². The highest BCUT2D eigenvalue weighted by Crippen LogP contribution is 2.32. The van der Waals surface area contributed by atoms with Crippen LogP contribution in [0.3, 0.4) is 0 Å². The molecule has 0 radical (unpaired) electrons. The average molecular weight is 365 g/mol. The number of hydrazone groups is 1. The molecule has 2 aromatic carbocycles. The summed E-state index contributed by atoms with van der Waals surface area (Å²) in [6, 6.07) is 13.0. The van der Waals surface area contributed by atoms with E-state index in [4.69, 9.17) is 9.47 Å². The highest BCUT2D eigenvalue weighted by atomic mass is 16.7. The molecule has 6 nitrogen and oxygen atoms in total. The molecule has 140 valence electrons. The number of hydrogen-bond acceptors (Lipinski definition) is 4. The Labute approximate surface area is 158 Å². The first kappa shape index (κ1) is 18.5. The summed E-state index contributed by atoms with van der Waals surface area (Å²) in [5, 5.41) is 6.92. The van der Waals surface area contributed by atoms with Crippen molar-refractivity contribution in [3.8, 4) is 11.5 Å². The van der Waals surface area contributed by atoms with Gasteiger partial charge < -0.3 is 14.8 Å². The maximum Gasteiger partial charge on any atom is 0.335 e. The molecule has 0 fully saturated rings. The summed E-state index contributed by atoms with van der Waals surface area (Å²) in [6.07, 6.45) is 1.55. The van der Waals surface area contributed by atoms with Crippen molar-refractivity contribution in [1.82, 2.24) is 10.7 Å². The molecular formula is C21H23N3O3. The van der Waals surface area contributed by atoms with Gasteiger partial charge >= 0.3 is 6.03 Å². The smallest absolute Gasteiger partial charge is 0.335 e. The lowest BCUT2D eigenvalue weighted by Crippen LogP contribution is -2.45. The quantitative estimate of drug-likeness (QED) is 0.621. The highest BCUT2D eigenvalue weighted by Gasteiger charge is 2.23. The van der Waals surface area contributed by atoms with Crippen LogP contribution in [0.2, 0.25) is 0 Å². The van der Waals surface area contributed by atoms with Crippen molar-refractivity contribution in [2.75, 3.05) is 6.79 Å². The number of urea groups is 1. The zero-order chi connectivity index (χ0) is 19.4. The van der Waals surface area contributed by atoms with Gasteiger partial charge in [0.15, 0.2) is 11.5 Å². The number of rotatable bonds is 5. The third-order valence-electron chi connectivity index (χ3n) is 4.28. The minimum atomic E-state index is -0.566. The van der Waals surface area contributed by atoms with Crippen molar-refractivity contribution in [3.05, 3.63) is 65.7 Å². The molecule has 6 heteroatoms. The van der Waals surface area contributed by atoms with Crippen LogP contribution in [-0.4, -0.2) is 19.0 Å². The summed E-state index contributed by atoms with van der Waals surface area (Å²) < 4.78 is 10.6. The molecule has 0 saturated heterocycles. The van der Waals surface area contributed by atoms with E-state index in [1.54, 1.807) is 18.3 Å². The Balaban J connectivity index is 1.61. The monoisotopic (exact) mass is 365 g/mol. The summed E-state index contributed by atoms with van der Waals surface area (Å²) >= 11 is 0.